The summed E-state index contributed by atoms with van der Waals surface area (Å²) in [4.78, 5) is 0. The third-order valence-electron chi connectivity index (χ3n) is 2.34. The summed E-state index contributed by atoms with van der Waals surface area (Å²) < 4.78 is 1.74. The van der Waals surface area contributed by atoms with Gasteiger partial charge >= 0.3 is 0 Å². The molecular formula is C11H20N2O3. The Kier molecular flexibility index (Phi) is 4.92. The van der Waals surface area contributed by atoms with E-state index in [0.717, 1.165) is 6.54 Å². The van der Waals surface area contributed by atoms with E-state index in [2.05, 4.69) is 18.9 Å². The molecule has 0 fully saturated rings. The molecule has 0 amide bonds. The number of hydrogen-bond donors (Lipinski definition) is 3. The lowest BCUT2D eigenvalue weighted by molar-refractivity contribution is 0.00416. The van der Waals surface area contributed by atoms with Crippen molar-refractivity contribution in [1.29, 1.82) is 0 Å². The minimum atomic E-state index is -0.979. The van der Waals surface area contributed by atoms with Crippen LogP contribution in [0.5, 0.6) is 0 Å². The molecule has 92 valence electrons. The Morgan fingerprint density at radius 3 is 2.62 bits per heavy atom. The average Bonchev–Trinajstić information content (AvgIpc) is 2.64. The Morgan fingerprint density at radius 2 is 2.06 bits per heavy atom. The van der Waals surface area contributed by atoms with Crippen molar-refractivity contribution in [3.8, 4) is 0 Å². The summed E-state index contributed by atoms with van der Waals surface area (Å²) in [5, 5.41) is 32.0. The highest BCUT2D eigenvalue weighted by molar-refractivity contribution is 5.09. The summed E-state index contributed by atoms with van der Waals surface area (Å²) in [6, 6.07) is 0. The minimum Gasteiger partial charge on any atom is -0.396 e. The fourth-order valence-electron chi connectivity index (χ4n) is 1.52. The Hall–Kier alpha value is -0.910. The first kappa shape index (κ1) is 13.2. The van der Waals surface area contributed by atoms with E-state index in [9.17, 15) is 10.2 Å². The lowest BCUT2D eigenvalue weighted by atomic mass is 10.1. The number of aliphatic hydroxyl groups is 3. The number of hydrogen-bond acceptors (Lipinski definition) is 4. The summed E-state index contributed by atoms with van der Waals surface area (Å²) in [6.07, 6.45) is 1.52. The number of rotatable bonds is 6. The monoisotopic (exact) mass is 228 g/mol. The maximum Gasteiger partial charge on any atom is 0.108 e. The van der Waals surface area contributed by atoms with Crippen molar-refractivity contribution in [3.05, 3.63) is 18.0 Å². The molecule has 0 saturated carbocycles. The van der Waals surface area contributed by atoms with Crippen LogP contribution in [-0.4, -0.2) is 37.8 Å². The van der Waals surface area contributed by atoms with Gasteiger partial charge in [0.15, 0.2) is 0 Å². The molecule has 16 heavy (non-hydrogen) atoms. The van der Waals surface area contributed by atoms with Crippen LogP contribution in [0.4, 0.5) is 0 Å². The van der Waals surface area contributed by atoms with E-state index in [-0.39, 0.29) is 13.0 Å². The molecule has 3 N–H and O–H groups in total. The zero-order valence-electron chi connectivity index (χ0n) is 9.74. The molecule has 0 bridgehead atoms. The number of aliphatic hydroxyl groups excluding tert-OH is 3. The molecular weight excluding hydrogens is 208 g/mol. The van der Waals surface area contributed by atoms with Gasteiger partial charge in [-0.2, -0.15) is 5.10 Å². The third-order valence-corrected chi connectivity index (χ3v) is 2.34. The lowest BCUT2D eigenvalue weighted by Crippen LogP contribution is -2.19. The lowest BCUT2D eigenvalue weighted by Gasteiger charge is -2.14. The first-order valence-corrected chi connectivity index (χ1v) is 5.54. The molecule has 1 aromatic rings. The molecule has 1 heterocycles. The van der Waals surface area contributed by atoms with E-state index < -0.39 is 12.2 Å². The van der Waals surface area contributed by atoms with Crippen LogP contribution in [-0.2, 0) is 6.54 Å². The van der Waals surface area contributed by atoms with Gasteiger partial charge in [-0.15, -0.1) is 0 Å². The van der Waals surface area contributed by atoms with Crippen molar-refractivity contribution in [1.82, 2.24) is 9.78 Å². The summed E-state index contributed by atoms with van der Waals surface area (Å²) in [5.41, 5.74) is 0.585. The van der Waals surface area contributed by atoms with Crippen molar-refractivity contribution in [2.24, 2.45) is 5.92 Å². The molecule has 0 spiro atoms. The highest BCUT2D eigenvalue weighted by Gasteiger charge is 2.19. The highest BCUT2D eigenvalue weighted by atomic mass is 16.3. The van der Waals surface area contributed by atoms with Crippen molar-refractivity contribution in [3.63, 3.8) is 0 Å². The quantitative estimate of drug-likeness (QED) is 0.655. The van der Waals surface area contributed by atoms with Crippen LogP contribution >= 0.6 is 0 Å². The van der Waals surface area contributed by atoms with Crippen LogP contribution in [0.2, 0.25) is 0 Å². The molecule has 5 heteroatoms. The molecule has 1 rings (SSSR count). The van der Waals surface area contributed by atoms with Crippen LogP contribution in [0.1, 0.15) is 31.9 Å². The molecule has 0 radical (unpaired) electrons. The second-order valence-corrected chi connectivity index (χ2v) is 4.41. The summed E-state index contributed by atoms with van der Waals surface area (Å²) in [7, 11) is 0. The second kappa shape index (κ2) is 5.98. The highest BCUT2D eigenvalue weighted by Crippen LogP contribution is 2.18. The summed E-state index contributed by atoms with van der Waals surface area (Å²) >= 11 is 0. The second-order valence-electron chi connectivity index (χ2n) is 4.41. The van der Waals surface area contributed by atoms with Gasteiger partial charge in [-0.3, -0.25) is 4.68 Å². The maximum atomic E-state index is 9.75. The van der Waals surface area contributed by atoms with Crippen LogP contribution in [0, 0.1) is 5.92 Å². The van der Waals surface area contributed by atoms with E-state index >= 15 is 0 Å². The van der Waals surface area contributed by atoms with Crippen molar-refractivity contribution in [2.45, 2.75) is 39.0 Å². The van der Waals surface area contributed by atoms with Gasteiger partial charge in [-0.1, -0.05) is 13.8 Å². The Balaban J connectivity index is 2.62. The zero-order chi connectivity index (χ0) is 12.1. The molecule has 2 atom stereocenters. The molecule has 0 aliphatic rings. The molecule has 0 saturated heterocycles. The normalized spacial score (nSPS) is 15.4. The van der Waals surface area contributed by atoms with Crippen LogP contribution in [0.3, 0.4) is 0 Å². The third kappa shape index (κ3) is 3.59. The smallest absolute Gasteiger partial charge is 0.108 e. The number of aromatic nitrogens is 2. The van der Waals surface area contributed by atoms with Gasteiger partial charge in [0.25, 0.3) is 0 Å². The molecule has 5 nitrogen and oxygen atoms in total. The van der Waals surface area contributed by atoms with Crippen LogP contribution < -0.4 is 0 Å². The van der Waals surface area contributed by atoms with Gasteiger partial charge in [0.2, 0.25) is 0 Å². The van der Waals surface area contributed by atoms with Crippen LogP contribution in [0.25, 0.3) is 0 Å². The van der Waals surface area contributed by atoms with E-state index in [0.29, 0.717) is 11.5 Å². The van der Waals surface area contributed by atoms with Crippen molar-refractivity contribution in [2.75, 3.05) is 6.61 Å². The van der Waals surface area contributed by atoms with Gasteiger partial charge in [-0.05, 0) is 12.3 Å². The molecule has 0 aliphatic heterocycles. The predicted molar refractivity (Wildman–Crippen MR) is 59.7 cm³/mol. The molecule has 0 aliphatic carbocycles. The topological polar surface area (TPSA) is 78.5 Å². The zero-order valence-corrected chi connectivity index (χ0v) is 9.74. The molecule has 2 unspecified atom stereocenters. The fourth-order valence-corrected chi connectivity index (χ4v) is 1.52. The molecule has 1 aromatic heterocycles. The Morgan fingerprint density at radius 1 is 1.38 bits per heavy atom. The minimum absolute atomic E-state index is 0.141. The van der Waals surface area contributed by atoms with E-state index in [1.807, 2.05) is 0 Å². The van der Waals surface area contributed by atoms with Gasteiger partial charge in [-0.25, -0.2) is 0 Å². The summed E-state index contributed by atoms with van der Waals surface area (Å²) in [6.45, 7) is 4.80. The SMILES string of the molecule is CC(C)Cn1cc(C(O)C(O)CCO)cn1. The number of nitrogens with zero attached hydrogens (tertiary/aromatic N) is 2. The first-order valence-electron chi connectivity index (χ1n) is 5.54. The Bertz CT molecular complexity index is 312. The van der Waals surface area contributed by atoms with Gasteiger partial charge in [0.1, 0.15) is 6.10 Å². The molecule has 0 aromatic carbocycles. The first-order chi connectivity index (χ1) is 7.54. The van der Waals surface area contributed by atoms with Gasteiger partial charge in [0, 0.05) is 24.9 Å². The van der Waals surface area contributed by atoms with Crippen molar-refractivity contribution >= 4 is 0 Å². The fraction of sp³-hybridized carbons (Fsp3) is 0.727. The average molecular weight is 228 g/mol. The summed E-state index contributed by atoms with van der Waals surface area (Å²) in [5.74, 6) is 0.479. The predicted octanol–water partition coefficient (Wildman–Crippen LogP) is 0.316. The maximum absolute atomic E-state index is 9.75. The largest absolute Gasteiger partial charge is 0.396 e. The van der Waals surface area contributed by atoms with E-state index in [1.54, 1.807) is 17.1 Å². The van der Waals surface area contributed by atoms with Crippen LogP contribution in [0.15, 0.2) is 12.4 Å². The van der Waals surface area contributed by atoms with Gasteiger partial charge < -0.3 is 15.3 Å². The van der Waals surface area contributed by atoms with Gasteiger partial charge in [0.05, 0.1) is 12.3 Å². The van der Waals surface area contributed by atoms with Crippen molar-refractivity contribution < 1.29 is 15.3 Å². The standard InChI is InChI=1S/C11H20N2O3/c1-8(2)6-13-7-9(5-12-13)11(16)10(15)3-4-14/h5,7-8,10-11,14-16H,3-4,6H2,1-2H3. The Labute approximate surface area is 95.3 Å². The van der Waals surface area contributed by atoms with E-state index in [1.165, 1.54) is 0 Å². The van der Waals surface area contributed by atoms with E-state index in [4.69, 9.17) is 5.11 Å².